The quantitative estimate of drug-likeness (QED) is 0.676. The van der Waals surface area contributed by atoms with Gasteiger partial charge in [-0.3, -0.25) is 9.69 Å². The Bertz CT molecular complexity index is 650. The molecule has 1 heterocycles. The number of thioether (sulfide) groups is 1. The molecule has 22 heavy (non-hydrogen) atoms. The third kappa shape index (κ3) is 3.39. The molecule has 1 aromatic rings. The molecule has 116 valence electrons. The summed E-state index contributed by atoms with van der Waals surface area (Å²) in [6.45, 7) is 5.52. The Labute approximate surface area is 139 Å². The maximum Gasteiger partial charge on any atom is 0.327 e. The van der Waals surface area contributed by atoms with Crippen molar-refractivity contribution in [2.75, 3.05) is 0 Å². The Morgan fingerprint density at radius 3 is 2.41 bits per heavy atom. The highest BCUT2D eigenvalue weighted by atomic mass is 32.2. The van der Waals surface area contributed by atoms with Crippen LogP contribution in [0.15, 0.2) is 29.2 Å². The first-order valence-electron chi connectivity index (χ1n) is 6.88. The number of aliphatic carboxylic acids is 1. The molecule has 1 aliphatic rings. The van der Waals surface area contributed by atoms with E-state index in [2.05, 4.69) is 0 Å². The average Bonchev–Trinajstić information content (AvgIpc) is 2.69. The number of rotatable bonds is 4. The summed E-state index contributed by atoms with van der Waals surface area (Å²) in [5, 5.41) is 9.36. The zero-order valence-corrected chi connectivity index (χ0v) is 14.2. The number of benzene rings is 1. The highest BCUT2D eigenvalue weighted by Crippen LogP contribution is 2.35. The van der Waals surface area contributed by atoms with Crippen molar-refractivity contribution in [1.29, 1.82) is 0 Å². The molecule has 0 unspecified atom stereocenters. The van der Waals surface area contributed by atoms with Crippen LogP contribution in [-0.4, -0.2) is 32.2 Å². The second kappa shape index (κ2) is 6.62. The number of thiocarbonyl (C=S) groups is 1. The summed E-state index contributed by atoms with van der Waals surface area (Å²) in [7, 11) is 0. The fourth-order valence-electron chi connectivity index (χ4n) is 2.23. The van der Waals surface area contributed by atoms with E-state index in [0.717, 1.165) is 22.9 Å². The summed E-state index contributed by atoms with van der Waals surface area (Å²) < 4.78 is 0.296. The minimum absolute atomic E-state index is 0.223. The second-order valence-corrected chi connectivity index (χ2v) is 7.17. The van der Waals surface area contributed by atoms with Gasteiger partial charge in [-0.15, -0.1) is 0 Å². The molecule has 0 bridgehead atoms. The lowest BCUT2D eigenvalue weighted by Crippen LogP contribution is -2.47. The first-order valence-corrected chi connectivity index (χ1v) is 8.10. The molecule has 1 saturated heterocycles. The van der Waals surface area contributed by atoms with Crippen molar-refractivity contribution in [3.05, 3.63) is 40.3 Å². The van der Waals surface area contributed by atoms with Gasteiger partial charge in [-0.25, -0.2) is 4.79 Å². The van der Waals surface area contributed by atoms with Crippen LogP contribution in [0.3, 0.4) is 0 Å². The van der Waals surface area contributed by atoms with E-state index in [1.165, 1.54) is 4.90 Å². The van der Waals surface area contributed by atoms with Crippen LogP contribution in [0.2, 0.25) is 0 Å². The Morgan fingerprint density at radius 2 is 1.91 bits per heavy atom. The highest BCUT2D eigenvalue weighted by molar-refractivity contribution is 8.26. The molecule has 0 saturated carbocycles. The molecule has 1 amide bonds. The summed E-state index contributed by atoms with van der Waals surface area (Å²) in [5.41, 5.74) is 2.03. The molecule has 0 radical (unpaired) electrons. The van der Waals surface area contributed by atoms with Crippen LogP contribution in [0.4, 0.5) is 0 Å². The molecule has 1 aromatic carbocycles. The number of hydrogen-bond acceptors (Lipinski definition) is 4. The van der Waals surface area contributed by atoms with Crippen molar-refractivity contribution in [2.24, 2.45) is 5.92 Å². The number of hydrogen-bond donors (Lipinski definition) is 1. The Kier molecular flexibility index (Phi) is 5.03. The zero-order valence-electron chi connectivity index (χ0n) is 12.6. The van der Waals surface area contributed by atoms with Crippen LogP contribution < -0.4 is 0 Å². The van der Waals surface area contributed by atoms with Gasteiger partial charge >= 0.3 is 5.97 Å². The zero-order chi connectivity index (χ0) is 16.4. The Hall–Kier alpha value is -1.66. The summed E-state index contributed by atoms with van der Waals surface area (Å²) >= 11 is 6.36. The van der Waals surface area contributed by atoms with E-state index in [0.29, 0.717) is 9.23 Å². The molecule has 0 aliphatic carbocycles. The maximum atomic E-state index is 12.5. The minimum Gasteiger partial charge on any atom is -0.480 e. The molecule has 1 fully saturated rings. The van der Waals surface area contributed by atoms with Gasteiger partial charge < -0.3 is 5.11 Å². The average molecular weight is 335 g/mol. The molecule has 1 N–H and O–H groups in total. The summed E-state index contributed by atoms with van der Waals surface area (Å²) in [6.07, 6.45) is 1.75. The van der Waals surface area contributed by atoms with Gasteiger partial charge in [-0.2, -0.15) is 0 Å². The van der Waals surface area contributed by atoms with Crippen molar-refractivity contribution in [2.45, 2.75) is 26.8 Å². The smallest absolute Gasteiger partial charge is 0.327 e. The van der Waals surface area contributed by atoms with Gasteiger partial charge in [-0.05, 0) is 24.5 Å². The van der Waals surface area contributed by atoms with Gasteiger partial charge in [0.15, 0.2) is 0 Å². The van der Waals surface area contributed by atoms with Gasteiger partial charge in [-0.1, -0.05) is 67.7 Å². The number of carbonyl (C=O) groups excluding carboxylic acids is 1. The van der Waals surface area contributed by atoms with Crippen LogP contribution in [0, 0.1) is 12.8 Å². The number of carbonyl (C=O) groups is 2. The first kappa shape index (κ1) is 16.7. The van der Waals surface area contributed by atoms with Gasteiger partial charge in [0.05, 0.1) is 4.91 Å². The van der Waals surface area contributed by atoms with Crippen LogP contribution >= 0.6 is 24.0 Å². The number of amides is 1. The molecule has 0 spiro atoms. The van der Waals surface area contributed by atoms with Crippen molar-refractivity contribution < 1.29 is 14.7 Å². The van der Waals surface area contributed by atoms with E-state index in [4.69, 9.17) is 12.2 Å². The number of carboxylic acids is 1. The van der Waals surface area contributed by atoms with Crippen molar-refractivity contribution in [1.82, 2.24) is 4.90 Å². The normalized spacial score (nSPS) is 18.4. The predicted molar refractivity (Wildman–Crippen MR) is 92.5 cm³/mol. The minimum atomic E-state index is -1.04. The van der Waals surface area contributed by atoms with Crippen molar-refractivity contribution in [3.8, 4) is 0 Å². The number of aryl methyl sites for hydroxylation is 1. The van der Waals surface area contributed by atoms with E-state index < -0.39 is 12.0 Å². The molecule has 1 atom stereocenters. The molecule has 0 aromatic heterocycles. The predicted octanol–water partition coefficient (Wildman–Crippen LogP) is 3.31. The first-order chi connectivity index (χ1) is 10.3. The highest BCUT2D eigenvalue weighted by Gasteiger charge is 2.41. The second-order valence-electron chi connectivity index (χ2n) is 5.49. The maximum absolute atomic E-state index is 12.5. The lowest BCUT2D eigenvalue weighted by atomic mass is 10.0. The Morgan fingerprint density at radius 1 is 1.32 bits per heavy atom. The van der Waals surface area contributed by atoms with Crippen LogP contribution in [0.25, 0.3) is 6.08 Å². The monoisotopic (exact) mass is 335 g/mol. The van der Waals surface area contributed by atoms with Crippen LogP contribution in [0.1, 0.15) is 25.0 Å². The van der Waals surface area contributed by atoms with Crippen molar-refractivity contribution in [3.63, 3.8) is 0 Å². The van der Waals surface area contributed by atoms with Crippen LogP contribution in [-0.2, 0) is 9.59 Å². The van der Waals surface area contributed by atoms with Crippen LogP contribution in [0.5, 0.6) is 0 Å². The van der Waals surface area contributed by atoms with E-state index in [-0.39, 0.29) is 11.8 Å². The lowest BCUT2D eigenvalue weighted by Gasteiger charge is -2.26. The summed E-state index contributed by atoms with van der Waals surface area (Å²) in [4.78, 5) is 25.6. The summed E-state index contributed by atoms with van der Waals surface area (Å²) in [5.74, 6) is -1.60. The Balaban J connectivity index is 2.32. The molecule has 6 heteroatoms. The third-order valence-corrected chi connectivity index (χ3v) is 4.69. The molecule has 4 nitrogen and oxygen atoms in total. The van der Waals surface area contributed by atoms with Gasteiger partial charge in [0, 0.05) is 0 Å². The van der Waals surface area contributed by atoms with E-state index in [1.807, 2.05) is 31.2 Å². The van der Waals surface area contributed by atoms with E-state index >= 15 is 0 Å². The fourth-order valence-corrected chi connectivity index (χ4v) is 3.56. The molecule has 2 rings (SSSR count). The number of carboxylic acid groups (broad SMARTS) is 1. The largest absolute Gasteiger partial charge is 0.480 e. The molecule has 1 aliphatic heterocycles. The van der Waals surface area contributed by atoms with Crippen molar-refractivity contribution >= 4 is 46.3 Å². The topological polar surface area (TPSA) is 57.6 Å². The summed E-state index contributed by atoms with van der Waals surface area (Å²) in [6, 6.07) is 6.82. The fraction of sp³-hybridized carbons (Fsp3) is 0.312. The third-order valence-electron chi connectivity index (χ3n) is 3.36. The molecular weight excluding hydrogens is 318 g/mol. The SMILES string of the molecule is Cc1ccc(/C=C2\SC(=S)N([C@@H](C(=O)O)C(C)C)C2=O)cc1. The molecular formula is C16H17NO3S2. The van der Waals surface area contributed by atoms with Gasteiger partial charge in [0.2, 0.25) is 0 Å². The van der Waals surface area contributed by atoms with E-state index in [1.54, 1.807) is 19.9 Å². The van der Waals surface area contributed by atoms with E-state index in [9.17, 15) is 14.7 Å². The lowest BCUT2D eigenvalue weighted by molar-refractivity contribution is -0.146. The standard InChI is InChI=1S/C16H17NO3S2/c1-9(2)13(15(19)20)17-14(18)12(22-16(17)21)8-11-6-4-10(3)5-7-11/h4-9,13H,1-3H3,(H,19,20)/b12-8-/t13-/m1/s1. The number of nitrogens with zero attached hydrogens (tertiary/aromatic N) is 1. The van der Waals surface area contributed by atoms with Gasteiger partial charge in [0.1, 0.15) is 10.4 Å². The van der Waals surface area contributed by atoms with Gasteiger partial charge in [0.25, 0.3) is 5.91 Å².